The SMILES string of the molecule is CCCCC(CC)Cn1nc(C)c(CO)c1C. The highest BCUT2D eigenvalue weighted by Gasteiger charge is 2.13. The van der Waals surface area contributed by atoms with Crippen LogP contribution in [0.1, 0.15) is 56.5 Å². The minimum Gasteiger partial charge on any atom is -0.392 e. The molecule has 0 aliphatic rings. The van der Waals surface area contributed by atoms with Gasteiger partial charge in [0.05, 0.1) is 12.3 Å². The van der Waals surface area contributed by atoms with Crippen LogP contribution in [0.4, 0.5) is 0 Å². The van der Waals surface area contributed by atoms with Gasteiger partial charge in [-0.3, -0.25) is 4.68 Å². The molecule has 17 heavy (non-hydrogen) atoms. The highest BCUT2D eigenvalue weighted by atomic mass is 16.3. The van der Waals surface area contributed by atoms with Crippen LogP contribution < -0.4 is 0 Å². The first kappa shape index (κ1) is 14.2. The number of aromatic nitrogens is 2. The predicted molar refractivity (Wildman–Crippen MR) is 70.9 cm³/mol. The summed E-state index contributed by atoms with van der Waals surface area (Å²) in [5.41, 5.74) is 3.09. The molecular formula is C14H26N2O. The fourth-order valence-corrected chi connectivity index (χ4v) is 2.30. The Balaban J connectivity index is 2.72. The van der Waals surface area contributed by atoms with Gasteiger partial charge in [0.2, 0.25) is 0 Å². The summed E-state index contributed by atoms with van der Waals surface area (Å²) >= 11 is 0. The zero-order valence-electron chi connectivity index (χ0n) is 11.7. The van der Waals surface area contributed by atoms with Crippen molar-refractivity contribution in [2.24, 2.45) is 5.92 Å². The highest BCUT2D eigenvalue weighted by molar-refractivity contribution is 5.23. The van der Waals surface area contributed by atoms with Crippen molar-refractivity contribution in [3.05, 3.63) is 17.0 Å². The lowest BCUT2D eigenvalue weighted by atomic mass is 9.99. The number of rotatable bonds is 7. The Hall–Kier alpha value is -0.830. The van der Waals surface area contributed by atoms with Crippen molar-refractivity contribution < 1.29 is 5.11 Å². The van der Waals surface area contributed by atoms with Crippen molar-refractivity contribution in [1.29, 1.82) is 0 Å². The maximum Gasteiger partial charge on any atom is 0.0718 e. The van der Waals surface area contributed by atoms with E-state index in [1.807, 2.05) is 6.92 Å². The molecule has 1 N–H and O–H groups in total. The second kappa shape index (κ2) is 6.80. The smallest absolute Gasteiger partial charge is 0.0718 e. The number of unbranched alkanes of at least 4 members (excludes halogenated alkanes) is 1. The van der Waals surface area contributed by atoms with E-state index in [1.165, 1.54) is 25.7 Å². The molecule has 0 aliphatic carbocycles. The Labute approximate surface area is 105 Å². The summed E-state index contributed by atoms with van der Waals surface area (Å²) in [5, 5.41) is 13.8. The van der Waals surface area contributed by atoms with Gasteiger partial charge in [0.1, 0.15) is 0 Å². The summed E-state index contributed by atoms with van der Waals surface area (Å²) in [7, 11) is 0. The molecule has 1 aromatic rings. The number of aryl methyl sites for hydroxylation is 1. The third-order valence-corrected chi connectivity index (χ3v) is 3.66. The molecule has 0 fully saturated rings. The van der Waals surface area contributed by atoms with Gasteiger partial charge < -0.3 is 5.11 Å². The van der Waals surface area contributed by atoms with Crippen LogP contribution in [0.2, 0.25) is 0 Å². The van der Waals surface area contributed by atoms with Gasteiger partial charge in [-0.15, -0.1) is 0 Å². The molecule has 0 bridgehead atoms. The molecule has 0 radical (unpaired) electrons. The first-order valence-electron chi connectivity index (χ1n) is 6.77. The van der Waals surface area contributed by atoms with Crippen LogP contribution in [0.25, 0.3) is 0 Å². The van der Waals surface area contributed by atoms with Crippen LogP contribution in [0.15, 0.2) is 0 Å². The lowest BCUT2D eigenvalue weighted by molar-refractivity contribution is 0.279. The molecule has 1 unspecified atom stereocenters. The Morgan fingerprint density at radius 2 is 2.00 bits per heavy atom. The predicted octanol–water partition coefficient (Wildman–Crippen LogP) is 3.21. The van der Waals surface area contributed by atoms with Gasteiger partial charge in [-0.25, -0.2) is 0 Å². The van der Waals surface area contributed by atoms with E-state index in [2.05, 4.69) is 30.6 Å². The van der Waals surface area contributed by atoms with E-state index in [-0.39, 0.29) is 6.61 Å². The molecule has 3 nitrogen and oxygen atoms in total. The fourth-order valence-electron chi connectivity index (χ4n) is 2.30. The average molecular weight is 238 g/mol. The fraction of sp³-hybridized carbons (Fsp3) is 0.786. The molecule has 1 rings (SSSR count). The van der Waals surface area contributed by atoms with E-state index in [1.54, 1.807) is 0 Å². The largest absolute Gasteiger partial charge is 0.392 e. The van der Waals surface area contributed by atoms with Crippen LogP contribution in [0, 0.1) is 19.8 Å². The first-order valence-corrected chi connectivity index (χ1v) is 6.77. The minimum absolute atomic E-state index is 0.101. The van der Waals surface area contributed by atoms with Gasteiger partial charge in [-0.2, -0.15) is 5.10 Å². The molecule has 0 aromatic carbocycles. The zero-order valence-corrected chi connectivity index (χ0v) is 11.7. The van der Waals surface area contributed by atoms with Crippen LogP contribution in [0.3, 0.4) is 0 Å². The first-order chi connectivity index (χ1) is 8.13. The second-order valence-corrected chi connectivity index (χ2v) is 4.91. The Morgan fingerprint density at radius 1 is 1.29 bits per heavy atom. The number of aliphatic hydroxyl groups is 1. The third kappa shape index (κ3) is 3.56. The van der Waals surface area contributed by atoms with Gasteiger partial charge >= 0.3 is 0 Å². The van der Waals surface area contributed by atoms with E-state index in [9.17, 15) is 5.11 Å². The lowest BCUT2D eigenvalue weighted by Gasteiger charge is -2.15. The summed E-state index contributed by atoms with van der Waals surface area (Å²) in [5.74, 6) is 0.708. The molecule has 0 saturated carbocycles. The van der Waals surface area contributed by atoms with Crippen molar-refractivity contribution in [1.82, 2.24) is 9.78 Å². The van der Waals surface area contributed by atoms with Crippen LogP contribution in [-0.4, -0.2) is 14.9 Å². The summed E-state index contributed by atoms with van der Waals surface area (Å²) in [6, 6.07) is 0. The summed E-state index contributed by atoms with van der Waals surface area (Å²) in [6.45, 7) is 9.60. The van der Waals surface area contributed by atoms with Gasteiger partial charge in [-0.1, -0.05) is 33.1 Å². The summed E-state index contributed by atoms with van der Waals surface area (Å²) in [4.78, 5) is 0. The molecule has 0 spiro atoms. The van der Waals surface area contributed by atoms with E-state index in [4.69, 9.17) is 0 Å². The van der Waals surface area contributed by atoms with Crippen molar-refractivity contribution in [2.75, 3.05) is 0 Å². The van der Waals surface area contributed by atoms with Crippen molar-refractivity contribution in [3.63, 3.8) is 0 Å². The molecule has 1 aromatic heterocycles. The lowest BCUT2D eigenvalue weighted by Crippen LogP contribution is -2.13. The van der Waals surface area contributed by atoms with Crippen molar-refractivity contribution in [3.8, 4) is 0 Å². The topological polar surface area (TPSA) is 38.0 Å². The molecular weight excluding hydrogens is 212 g/mol. The molecule has 98 valence electrons. The van der Waals surface area contributed by atoms with Gasteiger partial charge in [-0.05, 0) is 26.2 Å². The third-order valence-electron chi connectivity index (χ3n) is 3.66. The standard InChI is InChI=1S/C14H26N2O/c1-5-7-8-13(6-2)9-16-12(4)14(10-17)11(3)15-16/h13,17H,5-10H2,1-4H3. The molecule has 1 atom stereocenters. The number of hydrogen-bond donors (Lipinski definition) is 1. The van der Waals surface area contributed by atoms with Crippen LogP contribution >= 0.6 is 0 Å². The normalized spacial score (nSPS) is 13.0. The van der Waals surface area contributed by atoms with E-state index in [0.717, 1.165) is 23.5 Å². The molecule has 1 heterocycles. The van der Waals surface area contributed by atoms with Crippen molar-refractivity contribution in [2.45, 2.75) is 66.5 Å². The Morgan fingerprint density at radius 3 is 2.47 bits per heavy atom. The monoisotopic (exact) mass is 238 g/mol. The zero-order chi connectivity index (χ0) is 12.8. The number of hydrogen-bond acceptors (Lipinski definition) is 2. The van der Waals surface area contributed by atoms with E-state index in [0.29, 0.717) is 5.92 Å². The summed E-state index contributed by atoms with van der Waals surface area (Å²) < 4.78 is 2.07. The molecule has 0 saturated heterocycles. The molecule has 3 heteroatoms. The maximum atomic E-state index is 9.29. The van der Waals surface area contributed by atoms with Crippen LogP contribution in [0.5, 0.6) is 0 Å². The minimum atomic E-state index is 0.101. The second-order valence-electron chi connectivity index (χ2n) is 4.91. The number of nitrogens with zero attached hydrogens (tertiary/aromatic N) is 2. The van der Waals surface area contributed by atoms with Crippen LogP contribution in [-0.2, 0) is 13.2 Å². The van der Waals surface area contributed by atoms with Gasteiger partial charge in [0.15, 0.2) is 0 Å². The molecule has 0 amide bonds. The average Bonchev–Trinajstić information content (AvgIpc) is 2.59. The van der Waals surface area contributed by atoms with E-state index >= 15 is 0 Å². The van der Waals surface area contributed by atoms with Gasteiger partial charge in [0.25, 0.3) is 0 Å². The highest BCUT2D eigenvalue weighted by Crippen LogP contribution is 2.19. The van der Waals surface area contributed by atoms with Crippen molar-refractivity contribution >= 4 is 0 Å². The van der Waals surface area contributed by atoms with Gasteiger partial charge in [0, 0.05) is 17.8 Å². The molecule has 0 aliphatic heterocycles. The quantitative estimate of drug-likeness (QED) is 0.792. The Bertz CT molecular complexity index is 344. The number of aliphatic hydroxyl groups excluding tert-OH is 1. The summed E-state index contributed by atoms with van der Waals surface area (Å²) in [6.07, 6.45) is 5.03. The van der Waals surface area contributed by atoms with E-state index < -0.39 is 0 Å². The Kier molecular flexibility index (Phi) is 5.69. The maximum absolute atomic E-state index is 9.29.